The van der Waals surface area contributed by atoms with E-state index in [0.717, 1.165) is 22.3 Å². The summed E-state index contributed by atoms with van der Waals surface area (Å²) >= 11 is 12.1. The number of phenolic OH excluding ortho intramolecular Hbond substituents is 1. The second-order valence-electron chi connectivity index (χ2n) is 8.63. The number of phenols is 1. The first-order valence-electron chi connectivity index (χ1n) is 11.5. The molecule has 0 saturated carbocycles. The van der Waals surface area contributed by atoms with E-state index in [9.17, 15) is 14.3 Å². The van der Waals surface area contributed by atoms with Crippen molar-refractivity contribution in [2.45, 2.75) is 19.7 Å². The molecule has 0 bridgehead atoms. The van der Waals surface area contributed by atoms with Gasteiger partial charge in [0, 0.05) is 29.2 Å². The van der Waals surface area contributed by atoms with Gasteiger partial charge < -0.3 is 15.6 Å². The number of hydrogen-bond donors (Lipinski definition) is 2. The Kier molecular flexibility index (Phi) is 8.79. The van der Waals surface area contributed by atoms with E-state index in [-0.39, 0.29) is 35.5 Å². The van der Waals surface area contributed by atoms with Gasteiger partial charge in [0.15, 0.2) is 0 Å². The van der Waals surface area contributed by atoms with Crippen LogP contribution in [0.25, 0.3) is 11.1 Å². The molecule has 0 spiro atoms. The predicted molar refractivity (Wildman–Crippen MR) is 144 cm³/mol. The number of carbonyl (C=O) groups excluding carboxylic acids is 1. The Bertz CT molecular complexity index is 1380. The molecule has 0 aliphatic carbocycles. The number of benzene rings is 4. The van der Waals surface area contributed by atoms with Crippen molar-refractivity contribution < 1.29 is 19.0 Å². The van der Waals surface area contributed by atoms with Crippen LogP contribution < -0.4 is 5.73 Å². The topological polar surface area (TPSA) is 75.8 Å². The number of amides is 1. The zero-order chi connectivity index (χ0) is 26.4. The van der Waals surface area contributed by atoms with Crippen LogP contribution in [-0.4, -0.2) is 22.6 Å². The number of aromatic hydroxyl groups is 1. The van der Waals surface area contributed by atoms with Gasteiger partial charge in [-0.1, -0.05) is 65.7 Å². The summed E-state index contributed by atoms with van der Waals surface area (Å²) in [6.07, 6.45) is 0. The van der Waals surface area contributed by atoms with Crippen LogP contribution in [0.1, 0.15) is 27.0 Å². The van der Waals surface area contributed by atoms with E-state index in [4.69, 9.17) is 33.7 Å². The van der Waals surface area contributed by atoms with E-state index >= 15 is 0 Å². The number of hydrogen-bond acceptors (Lipinski definition) is 4. The minimum atomic E-state index is -0.651. The quantitative estimate of drug-likeness (QED) is 0.218. The van der Waals surface area contributed by atoms with Gasteiger partial charge in [0.25, 0.3) is 0 Å². The lowest BCUT2D eigenvalue weighted by molar-refractivity contribution is 0.00908. The van der Waals surface area contributed by atoms with Gasteiger partial charge in [-0.25, -0.2) is 4.39 Å². The van der Waals surface area contributed by atoms with Gasteiger partial charge in [-0.05, 0) is 64.7 Å². The smallest absolute Gasteiger partial charge is 0.248 e. The fourth-order valence-corrected chi connectivity index (χ4v) is 4.30. The SMILES string of the molecule is NC(=O)c1cc(Cl)c(O)c(COCN(Cc2ccc(F)cc2)Cc2cccc(-c3ccc(Cl)cc3)c2)c1. The Morgan fingerprint density at radius 2 is 1.59 bits per heavy atom. The maximum atomic E-state index is 13.4. The number of nitrogens with two attached hydrogens (primary N) is 1. The Hall–Kier alpha value is -3.42. The molecule has 4 rings (SSSR count). The highest BCUT2D eigenvalue weighted by atomic mass is 35.5. The maximum absolute atomic E-state index is 13.4. The number of ether oxygens (including phenoxy) is 1. The summed E-state index contributed by atoms with van der Waals surface area (Å²) in [7, 11) is 0. The van der Waals surface area contributed by atoms with E-state index in [0.29, 0.717) is 23.7 Å². The summed E-state index contributed by atoms with van der Waals surface area (Å²) < 4.78 is 19.4. The van der Waals surface area contributed by atoms with Crippen molar-refractivity contribution in [3.8, 4) is 16.9 Å². The first kappa shape index (κ1) is 26.6. The third-order valence-corrected chi connectivity index (χ3v) is 6.33. The molecule has 0 radical (unpaired) electrons. The standard InChI is InChI=1S/C29H25Cl2FN2O3/c30-25-8-6-21(7-9-25)22-3-1-2-20(12-22)16-34(15-19-4-10-26(32)11-5-19)18-37-17-24-13-23(29(33)36)14-27(31)28(24)35/h1-14,35H,15-18H2,(H2,33,36). The molecule has 4 aromatic rings. The lowest BCUT2D eigenvalue weighted by atomic mass is 10.0. The van der Waals surface area contributed by atoms with Crippen LogP contribution in [0.15, 0.2) is 84.9 Å². The zero-order valence-corrected chi connectivity index (χ0v) is 21.3. The fourth-order valence-electron chi connectivity index (χ4n) is 3.94. The number of nitrogens with zero attached hydrogens (tertiary/aromatic N) is 1. The van der Waals surface area contributed by atoms with Crippen LogP contribution in [0.5, 0.6) is 5.75 Å². The number of halogens is 3. The second kappa shape index (κ2) is 12.2. The normalized spacial score (nSPS) is 11.1. The lowest BCUT2D eigenvalue weighted by Crippen LogP contribution is -2.26. The Morgan fingerprint density at radius 3 is 2.30 bits per heavy atom. The third kappa shape index (κ3) is 7.31. The molecule has 0 heterocycles. The molecule has 0 aliphatic rings. The summed E-state index contributed by atoms with van der Waals surface area (Å²) in [6, 6.07) is 24.9. The van der Waals surface area contributed by atoms with E-state index < -0.39 is 5.91 Å². The molecule has 1 amide bonds. The largest absolute Gasteiger partial charge is 0.506 e. The van der Waals surface area contributed by atoms with Crippen molar-refractivity contribution in [1.29, 1.82) is 0 Å². The first-order chi connectivity index (χ1) is 17.8. The van der Waals surface area contributed by atoms with Gasteiger partial charge >= 0.3 is 0 Å². The molecule has 5 nitrogen and oxygen atoms in total. The minimum Gasteiger partial charge on any atom is -0.506 e. The van der Waals surface area contributed by atoms with Crippen molar-refractivity contribution >= 4 is 29.1 Å². The average molecular weight is 539 g/mol. The molecule has 37 heavy (non-hydrogen) atoms. The molecular weight excluding hydrogens is 514 g/mol. The van der Waals surface area contributed by atoms with Crippen LogP contribution in [0.3, 0.4) is 0 Å². The molecule has 0 saturated heterocycles. The average Bonchev–Trinajstić information content (AvgIpc) is 2.88. The van der Waals surface area contributed by atoms with Crippen molar-refractivity contribution in [3.63, 3.8) is 0 Å². The third-order valence-electron chi connectivity index (χ3n) is 5.79. The number of primary amides is 1. The van der Waals surface area contributed by atoms with Gasteiger partial charge in [0.05, 0.1) is 11.6 Å². The van der Waals surface area contributed by atoms with E-state index in [1.54, 1.807) is 12.1 Å². The summed E-state index contributed by atoms with van der Waals surface area (Å²) in [5.74, 6) is -1.11. The van der Waals surface area contributed by atoms with Crippen molar-refractivity contribution in [2.24, 2.45) is 5.73 Å². The van der Waals surface area contributed by atoms with Crippen molar-refractivity contribution in [2.75, 3.05) is 6.73 Å². The number of rotatable bonds is 10. The van der Waals surface area contributed by atoms with Crippen LogP contribution in [-0.2, 0) is 24.4 Å². The fraction of sp³-hybridized carbons (Fsp3) is 0.138. The highest BCUT2D eigenvalue weighted by Gasteiger charge is 2.14. The predicted octanol–water partition coefficient (Wildman–Crippen LogP) is 6.78. The summed E-state index contributed by atoms with van der Waals surface area (Å²) in [6.45, 7) is 1.25. The minimum absolute atomic E-state index is 0.0113. The van der Waals surface area contributed by atoms with Crippen LogP contribution in [0.2, 0.25) is 10.0 Å². The Morgan fingerprint density at radius 1 is 0.892 bits per heavy atom. The van der Waals surface area contributed by atoms with E-state index in [1.165, 1.54) is 24.3 Å². The number of carbonyl (C=O) groups is 1. The molecule has 0 aliphatic heterocycles. The molecule has 3 N–H and O–H groups in total. The summed E-state index contributed by atoms with van der Waals surface area (Å²) in [4.78, 5) is 13.6. The van der Waals surface area contributed by atoms with Gasteiger partial charge in [-0.2, -0.15) is 0 Å². The molecule has 0 aromatic heterocycles. The van der Waals surface area contributed by atoms with Crippen molar-refractivity contribution in [1.82, 2.24) is 4.90 Å². The molecule has 0 fully saturated rings. The van der Waals surface area contributed by atoms with Crippen LogP contribution in [0, 0.1) is 5.82 Å². The Balaban J connectivity index is 1.51. The molecular formula is C29H25Cl2FN2O3. The van der Waals surface area contributed by atoms with Crippen LogP contribution >= 0.6 is 23.2 Å². The summed E-state index contributed by atoms with van der Waals surface area (Å²) in [5.41, 5.74) is 9.98. The summed E-state index contributed by atoms with van der Waals surface area (Å²) in [5, 5.41) is 11.0. The van der Waals surface area contributed by atoms with Gasteiger partial charge in [0.2, 0.25) is 5.91 Å². The molecule has 8 heteroatoms. The van der Waals surface area contributed by atoms with Gasteiger partial charge in [-0.15, -0.1) is 0 Å². The maximum Gasteiger partial charge on any atom is 0.248 e. The molecule has 190 valence electrons. The zero-order valence-electron chi connectivity index (χ0n) is 19.8. The van der Waals surface area contributed by atoms with Gasteiger partial charge in [-0.3, -0.25) is 9.69 Å². The first-order valence-corrected chi connectivity index (χ1v) is 12.2. The molecule has 0 atom stereocenters. The highest BCUT2D eigenvalue weighted by Crippen LogP contribution is 2.30. The van der Waals surface area contributed by atoms with E-state index in [1.807, 2.05) is 47.4 Å². The molecule has 0 unspecified atom stereocenters. The Labute approximate surface area is 224 Å². The monoisotopic (exact) mass is 538 g/mol. The van der Waals surface area contributed by atoms with Crippen molar-refractivity contribution in [3.05, 3.63) is 123 Å². The van der Waals surface area contributed by atoms with Crippen LogP contribution in [0.4, 0.5) is 4.39 Å². The second-order valence-corrected chi connectivity index (χ2v) is 9.47. The van der Waals surface area contributed by atoms with E-state index in [2.05, 4.69) is 6.07 Å². The molecule has 4 aromatic carbocycles. The lowest BCUT2D eigenvalue weighted by Gasteiger charge is -2.23. The van der Waals surface area contributed by atoms with Gasteiger partial charge in [0.1, 0.15) is 18.3 Å². The highest BCUT2D eigenvalue weighted by molar-refractivity contribution is 6.32.